The van der Waals surface area contributed by atoms with Gasteiger partial charge in [0, 0.05) is 36.4 Å². The molecule has 0 spiro atoms. The van der Waals surface area contributed by atoms with Gasteiger partial charge < -0.3 is 29.4 Å². The number of benzene rings is 2. The summed E-state index contributed by atoms with van der Waals surface area (Å²) < 4.78 is 21.0. The van der Waals surface area contributed by atoms with E-state index in [1.54, 1.807) is 19.2 Å². The minimum atomic E-state index is -0.657. The number of allylic oxidation sites excluding steroid dienone is 3. The van der Waals surface area contributed by atoms with Crippen LogP contribution in [0.2, 0.25) is 0 Å². The molecular formula is C28H31NO7. The van der Waals surface area contributed by atoms with Crippen LogP contribution in [0.25, 0.3) is 0 Å². The number of nitrogens with one attached hydrogen (secondary N) is 1. The van der Waals surface area contributed by atoms with Gasteiger partial charge in [-0.15, -0.1) is 0 Å². The van der Waals surface area contributed by atoms with Crippen LogP contribution >= 0.6 is 0 Å². The summed E-state index contributed by atoms with van der Waals surface area (Å²) in [5.41, 5.74) is 4.01. The molecule has 4 rings (SSSR count). The molecule has 1 aliphatic heterocycles. The van der Waals surface area contributed by atoms with Crippen LogP contribution in [0.4, 0.5) is 0 Å². The molecule has 1 aliphatic carbocycles. The summed E-state index contributed by atoms with van der Waals surface area (Å²) in [4.78, 5) is 26.9. The van der Waals surface area contributed by atoms with Crippen LogP contribution in [-0.2, 0) is 19.1 Å². The molecule has 0 aromatic heterocycles. The van der Waals surface area contributed by atoms with Crippen LogP contribution in [0, 0.1) is 0 Å². The molecule has 2 aromatic carbocycles. The Labute approximate surface area is 210 Å². The largest absolute Gasteiger partial charge is 0.504 e. The van der Waals surface area contributed by atoms with Crippen LogP contribution in [0.3, 0.4) is 0 Å². The number of aromatic hydroxyl groups is 1. The third-order valence-electron chi connectivity index (χ3n) is 6.69. The van der Waals surface area contributed by atoms with Gasteiger partial charge in [-0.25, -0.2) is 4.79 Å². The van der Waals surface area contributed by atoms with E-state index in [-0.39, 0.29) is 36.4 Å². The van der Waals surface area contributed by atoms with E-state index < -0.39 is 11.9 Å². The SMILES string of the molecule is COCCOC(=O)C1=C(C)NC2=C(C(=O)C[C@H](c3ccc(OC)cc3)C2)[C@@H]1c1ccc(O)c(OC)c1. The first kappa shape index (κ1) is 25.3. The number of ketones is 1. The van der Waals surface area contributed by atoms with Crippen LogP contribution < -0.4 is 14.8 Å². The number of hydrogen-bond acceptors (Lipinski definition) is 8. The molecule has 2 aliphatic rings. The number of ether oxygens (including phenoxy) is 4. The molecule has 0 bridgehead atoms. The number of dihydropyridines is 1. The standard InChI is InChI=1S/C28H31NO7/c1-16-25(28(32)36-12-11-33-2)26(18-7-10-22(30)24(15-18)35-4)27-21(29-16)13-19(14-23(27)31)17-5-8-20(34-3)9-6-17/h5-10,15,19,26,29-30H,11-14H2,1-4H3/t19-,26-/m1/s1. The van der Waals surface area contributed by atoms with Gasteiger partial charge in [0.1, 0.15) is 12.4 Å². The summed E-state index contributed by atoms with van der Waals surface area (Å²) in [6.45, 7) is 2.17. The van der Waals surface area contributed by atoms with Crippen molar-refractivity contribution in [2.24, 2.45) is 0 Å². The smallest absolute Gasteiger partial charge is 0.336 e. The molecule has 1 heterocycles. The number of esters is 1. The second kappa shape index (κ2) is 10.9. The van der Waals surface area contributed by atoms with Gasteiger partial charge in [-0.1, -0.05) is 18.2 Å². The average molecular weight is 494 g/mol. The molecular weight excluding hydrogens is 462 g/mol. The Bertz CT molecular complexity index is 1210. The summed E-state index contributed by atoms with van der Waals surface area (Å²) in [6.07, 6.45) is 0.923. The summed E-state index contributed by atoms with van der Waals surface area (Å²) in [6, 6.07) is 12.6. The highest BCUT2D eigenvalue weighted by Gasteiger charge is 2.41. The molecule has 0 amide bonds. The van der Waals surface area contributed by atoms with Crippen molar-refractivity contribution in [3.05, 3.63) is 76.1 Å². The van der Waals surface area contributed by atoms with Crippen LogP contribution in [-0.4, -0.2) is 51.4 Å². The van der Waals surface area contributed by atoms with Gasteiger partial charge in [-0.2, -0.15) is 0 Å². The molecule has 0 saturated heterocycles. The van der Waals surface area contributed by atoms with Crippen molar-refractivity contribution in [2.45, 2.75) is 31.6 Å². The van der Waals surface area contributed by atoms with E-state index in [0.717, 1.165) is 17.0 Å². The van der Waals surface area contributed by atoms with Gasteiger partial charge in [0.2, 0.25) is 0 Å². The summed E-state index contributed by atoms with van der Waals surface area (Å²) in [5.74, 6) is -0.237. The number of hydrogen-bond donors (Lipinski definition) is 2. The molecule has 0 unspecified atom stereocenters. The summed E-state index contributed by atoms with van der Waals surface area (Å²) in [5, 5.41) is 13.5. The third-order valence-corrected chi connectivity index (χ3v) is 6.69. The Hall–Kier alpha value is -3.78. The number of carbonyl (C=O) groups is 2. The topological polar surface area (TPSA) is 103 Å². The first-order valence-corrected chi connectivity index (χ1v) is 11.8. The predicted octanol–water partition coefficient (Wildman–Crippen LogP) is 3.96. The van der Waals surface area contributed by atoms with Crippen molar-refractivity contribution in [3.8, 4) is 17.2 Å². The lowest BCUT2D eigenvalue weighted by Crippen LogP contribution is -2.36. The molecule has 2 aromatic rings. The van der Waals surface area contributed by atoms with Crippen molar-refractivity contribution in [2.75, 3.05) is 34.5 Å². The number of rotatable bonds is 8. The van der Waals surface area contributed by atoms with Crippen LogP contribution in [0.1, 0.15) is 42.7 Å². The molecule has 0 radical (unpaired) electrons. The first-order chi connectivity index (χ1) is 17.4. The van der Waals surface area contributed by atoms with E-state index in [1.165, 1.54) is 20.3 Å². The van der Waals surface area contributed by atoms with E-state index in [0.29, 0.717) is 35.2 Å². The molecule has 36 heavy (non-hydrogen) atoms. The zero-order chi connectivity index (χ0) is 25.8. The number of methoxy groups -OCH3 is 3. The Balaban J connectivity index is 1.76. The lowest BCUT2D eigenvalue weighted by Gasteiger charge is -2.36. The fourth-order valence-corrected chi connectivity index (χ4v) is 4.92. The summed E-state index contributed by atoms with van der Waals surface area (Å²) >= 11 is 0. The number of Topliss-reactive ketones (excluding diaryl/α,β-unsaturated/α-hetero) is 1. The van der Waals surface area contributed by atoms with Gasteiger partial charge in [-0.05, 0) is 54.7 Å². The third kappa shape index (κ3) is 4.95. The van der Waals surface area contributed by atoms with Crippen LogP contribution in [0.15, 0.2) is 65.0 Å². The van der Waals surface area contributed by atoms with E-state index in [9.17, 15) is 14.7 Å². The maximum absolute atomic E-state index is 13.7. The molecule has 0 fully saturated rings. The van der Waals surface area contributed by atoms with E-state index in [1.807, 2.05) is 31.2 Å². The van der Waals surface area contributed by atoms with Gasteiger partial charge in [-0.3, -0.25) is 4.79 Å². The molecule has 2 N–H and O–H groups in total. The highest BCUT2D eigenvalue weighted by molar-refractivity contribution is 6.04. The fraction of sp³-hybridized carbons (Fsp3) is 0.357. The average Bonchev–Trinajstić information content (AvgIpc) is 2.88. The number of carbonyl (C=O) groups excluding carboxylic acids is 2. The second-order valence-electron chi connectivity index (χ2n) is 8.85. The van der Waals surface area contributed by atoms with Crippen molar-refractivity contribution in [1.82, 2.24) is 5.32 Å². The highest BCUT2D eigenvalue weighted by atomic mass is 16.6. The molecule has 8 nitrogen and oxygen atoms in total. The maximum Gasteiger partial charge on any atom is 0.336 e. The van der Waals surface area contributed by atoms with Gasteiger partial charge in [0.15, 0.2) is 17.3 Å². The van der Waals surface area contributed by atoms with Gasteiger partial charge >= 0.3 is 5.97 Å². The van der Waals surface area contributed by atoms with Crippen molar-refractivity contribution >= 4 is 11.8 Å². The number of phenols is 1. The van der Waals surface area contributed by atoms with E-state index in [2.05, 4.69) is 5.32 Å². The Kier molecular flexibility index (Phi) is 7.64. The van der Waals surface area contributed by atoms with Crippen LogP contribution in [0.5, 0.6) is 17.2 Å². The molecule has 8 heteroatoms. The Morgan fingerprint density at radius 3 is 2.39 bits per heavy atom. The van der Waals surface area contributed by atoms with Crippen molar-refractivity contribution in [3.63, 3.8) is 0 Å². The lowest BCUT2D eigenvalue weighted by molar-refractivity contribution is -0.140. The fourth-order valence-electron chi connectivity index (χ4n) is 4.92. The predicted molar refractivity (Wildman–Crippen MR) is 133 cm³/mol. The van der Waals surface area contributed by atoms with Crippen molar-refractivity contribution in [1.29, 1.82) is 0 Å². The summed E-state index contributed by atoms with van der Waals surface area (Å²) in [7, 11) is 4.61. The van der Waals surface area contributed by atoms with E-state index >= 15 is 0 Å². The lowest BCUT2D eigenvalue weighted by atomic mass is 9.71. The Morgan fingerprint density at radius 2 is 1.72 bits per heavy atom. The monoisotopic (exact) mass is 493 g/mol. The highest BCUT2D eigenvalue weighted by Crippen LogP contribution is 2.47. The molecule has 190 valence electrons. The first-order valence-electron chi connectivity index (χ1n) is 11.8. The quantitative estimate of drug-likeness (QED) is 0.421. The minimum absolute atomic E-state index is 0.00679. The number of phenolic OH excluding ortho intramolecular Hbond substituents is 1. The Morgan fingerprint density at radius 1 is 1.00 bits per heavy atom. The van der Waals surface area contributed by atoms with Gasteiger partial charge in [0.25, 0.3) is 0 Å². The normalized spacial score (nSPS) is 19.5. The zero-order valence-corrected chi connectivity index (χ0v) is 20.9. The molecule has 2 atom stereocenters. The zero-order valence-electron chi connectivity index (χ0n) is 20.9. The van der Waals surface area contributed by atoms with Crippen molar-refractivity contribution < 1.29 is 33.6 Å². The maximum atomic E-state index is 13.7. The second-order valence-corrected chi connectivity index (χ2v) is 8.85. The van der Waals surface area contributed by atoms with E-state index in [4.69, 9.17) is 18.9 Å². The molecule has 0 saturated carbocycles. The minimum Gasteiger partial charge on any atom is -0.504 e. The van der Waals surface area contributed by atoms with Gasteiger partial charge in [0.05, 0.1) is 26.4 Å².